The molecule has 2 atom stereocenters. The lowest BCUT2D eigenvalue weighted by Crippen LogP contribution is -2.28. The highest BCUT2D eigenvalue weighted by atomic mass is 79.9. The van der Waals surface area contributed by atoms with Crippen LogP contribution >= 0.6 is 15.9 Å². The predicted molar refractivity (Wildman–Crippen MR) is 83.4 cm³/mol. The van der Waals surface area contributed by atoms with E-state index < -0.39 is 0 Å². The number of nitrogens with zero attached hydrogens (tertiary/aromatic N) is 1. The maximum atomic E-state index is 10.0. The molecule has 0 bridgehead atoms. The number of phenols is 1. The van der Waals surface area contributed by atoms with Gasteiger partial charge in [-0.2, -0.15) is 0 Å². The second kappa shape index (κ2) is 5.45. The molecule has 1 aliphatic rings. The van der Waals surface area contributed by atoms with E-state index in [-0.39, 0.29) is 6.04 Å². The first-order chi connectivity index (χ1) is 8.79. The molecule has 0 spiro atoms. The molecule has 0 amide bonds. The summed E-state index contributed by atoms with van der Waals surface area (Å²) < 4.78 is 1.03. The van der Waals surface area contributed by atoms with Crippen molar-refractivity contribution < 1.29 is 5.11 Å². The Morgan fingerprint density at radius 2 is 2.05 bits per heavy atom. The van der Waals surface area contributed by atoms with Crippen LogP contribution in [0.5, 0.6) is 5.75 Å². The number of rotatable bonds is 2. The van der Waals surface area contributed by atoms with Gasteiger partial charge in [-0.3, -0.25) is 4.90 Å². The molecule has 2 nitrogen and oxygen atoms in total. The zero-order valence-corrected chi connectivity index (χ0v) is 13.9. The highest BCUT2D eigenvalue weighted by Crippen LogP contribution is 2.39. The molecule has 1 N–H and O–H groups in total. The third-order valence-electron chi connectivity index (χ3n) is 4.43. The number of likely N-dealkylation sites (tertiary alicyclic amines) is 1. The first-order valence-corrected chi connectivity index (χ1v) is 7.81. The zero-order valence-electron chi connectivity index (χ0n) is 12.3. The zero-order chi connectivity index (χ0) is 14.2. The van der Waals surface area contributed by atoms with E-state index in [2.05, 4.69) is 48.5 Å². The Balaban J connectivity index is 2.13. The van der Waals surface area contributed by atoms with Gasteiger partial charge in [0, 0.05) is 22.6 Å². The van der Waals surface area contributed by atoms with Crippen molar-refractivity contribution in [2.45, 2.75) is 40.2 Å². The molecule has 106 valence electrons. The molecule has 1 fully saturated rings. The lowest BCUT2D eigenvalue weighted by molar-refractivity contribution is 0.201. The van der Waals surface area contributed by atoms with Gasteiger partial charge >= 0.3 is 0 Å². The van der Waals surface area contributed by atoms with Crippen LogP contribution in [0.15, 0.2) is 22.7 Å². The Morgan fingerprint density at radius 1 is 1.37 bits per heavy atom. The fourth-order valence-electron chi connectivity index (χ4n) is 2.90. The fraction of sp³-hybridized carbons (Fsp3) is 0.625. The second-order valence-corrected chi connectivity index (χ2v) is 7.64. The molecule has 3 heteroatoms. The Labute approximate surface area is 124 Å². The number of aromatic hydroxyl groups is 1. The van der Waals surface area contributed by atoms with E-state index in [0.717, 1.165) is 29.0 Å². The average Bonchev–Trinajstić information content (AvgIpc) is 2.80. The normalized spacial score (nSPS) is 22.7. The summed E-state index contributed by atoms with van der Waals surface area (Å²) in [6.45, 7) is 11.4. The van der Waals surface area contributed by atoms with Gasteiger partial charge in [-0.25, -0.2) is 0 Å². The van der Waals surface area contributed by atoms with Crippen molar-refractivity contribution >= 4 is 15.9 Å². The van der Waals surface area contributed by atoms with Crippen molar-refractivity contribution in [1.82, 2.24) is 4.90 Å². The molecular weight excluding hydrogens is 302 g/mol. The van der Waals surface area contributed by atoms with E-state index in [1.165, 1.54) is 6.42 Å². The molecule has 0 radical (unpaired) electrons. The van der Waals surface area contributed by atoms with Crippen molar-refractivity contribution in [3.05, 3.63) is 28.2 Å². The predicted octanol–water partition coefficient (Wildman–Crippen LogP) is 4.58. The van der Waals surface area contributed by atoms with Gasteiger partial charge in [-0.1, -0.05) is 36.7 Å². The van der Waals surface area contributed by atoms with Gasteiger partial charge in [-0.15, -0.1) is 0 Å². The maximum Gasteiger partial charge on any atom is 0.120 e. The van der Waals surface area contributed by atoms with E-state index in [0.29, 0.717) is 11.2 Å². The van der Waals surface area contributed by atoms with E-state index in [1.807, 2.05) is 12.1 Å². The van der Waals surface area contributed by atoms with E-state index >= 15 is 0 Å². The van der Waals surface area contributed by atoms with Gasteiger partial charge in [0.15, 0.2) is 0 Å². The summed E-state index contributed by atoms with van der Waals surface area (Å²) in [5, 5.41) is 10.0. The van der Waals surface area contributed by atoms with Gasteiger partial charge < -0.3 is 5.11 Å². The van der Waals surface area contributed by atoms with Crippen molar-refractivity contribution in [1.29, 1.82) is 0 Å². The number of hydrogen-bond acceptors (Lipinski definition) is 2. The van der Waals surface area contributed by atoms with Crippen LogP contribution in [-0.4, -0.2) is 23.1 Å². The van der Waals surface area contributed by atoms with Crippen LogP contribution in [0.4, 0.5) is 0 Å². The van der Waals surface area contributed by atoms with E-state index in [1.54, 1.807) is 6.07 Å². The van der Waals surface area contributed by atoms with Crippen LogP contribution in [0.1, 0.15) is 45.7 Å². The Morgan fingerprint density at radius 3 is 2.63 bits per heavy atom. The molecule has 1 aliphatic heterocycles. The van der Waals surface area contributed by atoms with Crippen LogP contribution in [0, 0.1) is 11.3 Å². The van der Waals surface area contributed by atoms with Gasteiger partial charge in [-0.05, 0) is 49.4 Å². The van der Waals surface area contributed by atoms with Crippen LogP contribution < -0.4 is 0 Å². The Kier molecular flexibility index (Phi) is 4.26. The summed E-state index contributed by atoms with van der Waals surface area (Å²) in [6.07, 6.45) is 1.25. The minimum absolute atomic E-state index is 0.268. The first-order valence-electron chi connectivity index (χ1n) is 7.01. The minimum atomic E-state index is 0.268. The number of hydrogen-bond donors (Lipinski definition) is 1. The molecule has 2 unspecified atom stereocenters. The highest BCUT2D eigenvalue weighted by Gasteiger charge is 2.34. The quantitative estimate of drug-likeness (QED) is 0.860. The topological polar surface area (TPSA) is 23.5 Å². The fourth-order valence-corrected chi connectivity index (χ4v) is 3.28. The Hall–Kier alpha value is -0.540. The molecule has 0 aromatic heterocycles. The van der Waals surface area contributed by atoms with Crippen molar-refractivity contribution in [3.8, 4) is 5.75 Å². The summed E-state index contributed by atoms with van der Waals surface area (Å²) >= 11 is 3.49. The molecule has 0 aliphatic carbocycles. The summed E-state index contributed by atoms with van der Waals surface area (Å²) in [6, 6.07) is 5.95. The van der Waals surface area contributed by atoms with Gasteiger partial charge in [0.25, 0.3) is 0 Å². The van der Waals surface area contributed by atoms with Crippen molar-refractivity contribution in [3.63, 3.8) is 0 Å². The van der Waals surface area contributed by atoms with Gasteiger partial charge in [0.1, 0.15) is 5.75 Å². The van der Waals surface area contributed by atoms with Crippen LogP contribution in [0.2, 0.25) is 0 Å². The molecular formula is C16H24BrNO. The molecule has 1 aromatic rings. The lowest BCUT2D eigenvalue weighted by Gasteiger charge is -2.29. The van der Waals surface area contributed by atoms with Crippen LogP contribution in [0.25, 0.3) is 0 Å². The highest BCUT2D eigenvalue weighted by molar-refractivity contribution is 9.10. The monoisotopic (exact) mass is 325 g/mol. The summed E-state index contributed by atoms with van der Waals surface area (Å²) in [5.41, 5.74) is 1.39. The molecule has 2 rings (SSSR count). The number of benzene rings is 1. The van der Waals surface area contributed by atoms with Crippen molar-refractivity contribution in [2.75, 3.05) is 13.1 Å². The SMILES string of the molecule is CC(c1cc(Br)ccc1O)N1CCC(C(C)(C)C)C1. The van der Waals surface area contributed by atoms with Crippen molar-refractivity contribution in [2.24, 2.45) is 11.3 Å². The molecule has 1 aromatic carbocycles. The third kappa shape index (κ3) is 3.32. The maximum absolute atomic E-state index is 10.0. The number of phenolic OH excluding ortho intramolecular Hbond substituents is 1. The lowest BCUT2D eigenvalue weighted by atomic mass is 9.80. The largest absolute Gasteiger partial charge is 0.508 e. The minimum Gasteiger partial charge on any atom is -0.508 e. The molecule has 19 heavy (non-hydrogen) atoms. The Bertz CT molecular complexity index is 453. The molecule has 1 saturated heterocycles. The van der Waals surface area contributed by atoms with Gasteiger partial charge in [0.2, 0.25) is 0 Å². The van der Waals surface area contributed by atoms with Crippen LogP contribution in [0.3, 0.4) is 0 Å². The third-order valence-corrected chi connectivity index (χ3v) is 4.93. The first kappa shape index (κ1) is 14.9. The summed E-state index contributed by atoms with van der Waals surface area (Å²) in [4.78, 5) is 2.48. The average molecular weight is 326 g/mol. The molecule has 1 heterocycles. The molecule has 0 saturated carbocycles. The van der Waals surface area contributed by atoms with E-state index in [4.69, 9.17) is 0 Å². The van der Waals surface area contributed by atoms with E-state index in [9.17, 15) is 5.11 Å². The second-order valence-electron chi connectivity index (χ2n) is 6.73. The summed E-state index contributed by atoms with van der Waals surface area (Å²) in [7, 11) is 0. The smallest absolute Gasteiger partial charge is 0.120 e. The number of halogens is 1. The summed E-state index contributed by atoms with van der Waals surface area (Å²) in [5.74, 6) is 1.14. The van der Waals surface area contributed by atoms with Crippen LogP contribution in [-0.2, 0) is 0 Å². The standard InChI is InChI=1S/C16H24BrNO/c1-11(14-9-13(17)5-6-15(14)19)18-8-7-12(10-18)16(2,3)4/h5-6,9,11-12,19H,7-8,10H2,1-4H3. The van der Waals surface area contributed by atoms with Gasteiger partial charge in [0.05, 0.1) is 0 Å².